The van der Waals surface area contributed by atoms with E-state index in [0.717, 1.165) is 25.7 Å². The number of amides is 3. The van der Waals surface area contributed by atoms with Gasteiger partial charge in [0.1, 0.15) is 0 Å². The molecule has 5 nitrogen and oxygen atoms in total. The Balaban J connectivity index is 1.68. The second kappa shape index (κ2) is 8.37. The maximum Gasteiger partial charge on any atom is 0.321 e. The maximum absolute atomic E-state index is 12.0. The van der Waals surface area contributed by atoms with Gasteiger partial charge in [0, 0.05) is 12.1 Å². The molecule has 2 rings (SSSR count). The number of carbonyl (C=O) groups excluding carboxylic acids is 2. The van der Waals surface area contributed by atoms with E-state index in [1.165, 1.54) is 38.5 Å². The topological polar surface area (TPSA) is 61.4 Å². The van der Waals surface area contributed by atoms with Crippen LogP contribution in [0.25, 0.3) is 0 Å². The van der Waals surface area contributed by atoms with E-state index < -0.39 is 0 Å². The minimum absolute atomic E-state index is 0.197. The van der Waals surface area contributed by atoms with Crippen LogP contribution in [-0.4, -0.2) is 42.5 Å². The first-order valence-corrected chi connectivity index (χ1v) is 8.46. The van der Waals surface area contributed by atoms with Crippen molar-refractivity contribution in [3.63, 3.8) is 0 Å². The van der Waals surface area contributed by atoms with Crippen LogP contribution in [0.2, 0.25) is 0 Å². The van der Waals surface area contributed by atoms with Crippen molar-refractivity contribution in [2.45, 2.75) is 76.3 Å². The first-order valence-electron chi connectivity index (χ1n) is 8.46. The fraction of sp³-hybridized carbons (Fsp3) is 0.875. The summed E-state index contributed by atoms with van der Waals surface area (Å²) in [4.78, 5) is 25.8. The molecule has 2 N–H and O–H groups in total. The van der Waals surface area contributed by atoms with Gasteiger partial charge in [-0.1, -0.05) is 38.5 Å². The molecule has 0 heterocycles. The third-order valence-corrected chi connectivity index (χ3v) is 4.78. The van der Waals surface area contributed by atoms with Gasteiger partial charge >= 0.3 is 6.03 Å². The first kappa shape index (κ1) is 16.3. The standard InChI is InChI=1S/C16H29N3O2/c1-19(14-10-4-2-3-5-11-14)12-15(20)18-16(21)17-13-8-6-7-9-13/h13-14H,2-12H2,1H3,(H2,17,18,20,21). The summed E-state index contributed by atoms with van der Waals surface area (Å²) in [5.74, 6) is -0.197. The molecule has 0 saturated heterocycles. The largest absolute Gasteiger partial charge is 0.335 e. The summed E-state index contributed by atoms with van der Waals surface area (Å²) in [5, 5.41) is 5.34. The zero-order valence-electron chi connectivity index (χ0n) is 13.2. The Labute approximate surface area is 127 Å². The number of likely N-dealkylation sites (N-methyl/N-ethyl adjacent to an activating group) is 1. The molecule has 2 aliphatic rings. The molecule has 0 unspecified atom stereocenters. The van der Waals surface area contributed by atoms with Crippen molar-refractivity contribution in [1.82, 2.24) is 15.5 Å². The van der Waals surface area contributed by atoms with Gasteiger partial charge in [-0.2, -0.15) is 0 Å². The third-order valence-electron chi connectivity index (χ3n) is 4.78. The van der Waals surface area contributed by atoms with E-state index in [1.807, 2.05) is 7.05 Å². The lowest BCUT2D eigenvalue weighted by Crippen LogP contribution is -2.47. The normalized spacial score (nSPS) is 21.2. The predicted molar refractivity (Wildman–Crippen MR) is 83.1 cm³/mol. The number of nitrogens with zero attached hydrogens (tertiary/aromatic N) is 1. The van der Waals surface area contributed by atoms with Gasteiger partial charge in [-0.05, 0) is 32.7 Å². The second-order valence-corrected chi connectivity index (χ2v) is 6.56. The first-order chi connectivity index (χ1) is 10.1. The van der Waals surface area contributed by atoms with Gasteiger partial charge in [0.15, 0.2) is 0 Å². The Bertz CT molecular complexity index is 345. The van der Waals surface area contributed by atoms with E-state index in [4.69, 9.17) is 0 Å². The number of nitrogens with one attached hydrogen (secondary N) is 2. The van der Waals surface area contributed by atoms with Crippen LogP contribution in [0.4, 0.5) is 4.79 Å². The highest BCUT2D eigenvalue weighted by molar-refractivity contribution is 5.95. The highest BCUT2D eigenvalue weighted by atomic mass is 16.2. The summed E-state index contributed by atoms with van der Waals surface area (Å²) in [6.07, 6.45) is 11.8. The van der Waals surface area contributed by atoms with E-state index >= 15 is 0 Å². The Morgan fingerprint density at radius 1 is 0.952 bits per heavy atom. The van der Waals surface area contributed by atoms with E-state index in [-0.39, 0.29) is 18.0 Å². The molecule has 120 valence electrons. The number of hydrogen-bond acceptors (Lipinski definition) is 3. The summed E-state index contributed by atoms with van der Waals surface area (Å²) < 4.78 is 0. The van der Waals surface area contributed by atoms with Gasteiger partial charge in [0.2, 0.25) is 5.91 Å². The summed E-state index contributed by atoms with van der Waals surface area (Å²) in [5.41, 5.74) is 0. The van der Waals surface area contributed by atoms with E-state index in [2.05, 4.69) is 15.5 Å². The zero-order valence-corrected chi connectivity index (χ0v) is 13.2. The lowest BCUT2D eigenvalue weighted by molar-refractivity contribution is -0.121. The molecular weight excluding hydrogens is 266 g/mol. The Kier molecular flexibility index (Phi) is 6.49. The number of urea groups is 1. The van der Waals surface area contributed by atoms with Crippen LogP contribution < -0.4 is 10.6 Å². The number of imide groups is 1. The van der Waals surface area contributed by atoms with Crippen molar-refractivity contribution >= 4 is 11.9 Å². The third kappa shape index (κ3) is 5.65. The highest BCUT2D eigenvalue weighted by Gasteiger charge is 2.21. The number of hydrogen-bond donors (Lipinski definition) is 2. The maximum atomic E-state index is 12.0. The Morgan fingerprint density at radius 2 is 1.52 bits per heavy atom. The highest BCUT2D eigenvalue weighted by Crippen LogP contribution is 2.20. The average Bonchev–Trinajstić information content (AvgIpc) is 2.78. The molecule has 0 aliphatic heterocycles. The van der Waals surface area contributed by atoms with E-state index in [1.54, 1.807) is 0 Å². The monoisotopic (exact) mass is 295 g/mol. The van der Waals surface area contributed by atoms with E-state index in [0.29, 0.717) is 12.6 Å². The van der Waals surface area contributed by atoms with Crippen LogP contribution >= 0.6 is 0 Å². The average molecular weight is 295 g/mol. The molecule has 0 aromatic heterocycles. The molecule has 21 heavy (non-hydrogen) atoms. The van der Waals surface area contributed by atoms with E-state index in [9.17, 15) is 9.59 Å². The number of carbonyl (C=O) groups is 2. The van der Waals surface area contributed by atoms with Gasteiger partial charge in [-0.25, -0.2) is 4.79 Å². The molecular formula is C16H29N3O2. The molecule has 3 amide bonds. The minimum Gasteiger partial charge on any atom is -0.335 e. The Hall–Kier alpha value is -1.10. The van der Waals surface area contributed by atoms with Crippen molar-refractivity contribution in [3.8, 4) is 0 Å². The van der Waals surface area contributed by atoms with Crippen molar-refractivity contribution in [1.29, 1.82) is 0 Å². The van der Waals surface area contributed by atoms with Crippen molar-refractivity contribution in [3.05, 3.63) is 0 Å². The number of rotatable bonds is 4. The second-order valence-electron chi connectivity index (χ2n) is 6.56. The van der Waals surface area contributed by atoms with Crippen molar-refractivity contribution in [2.24, 2.45) is 0 Å². The molecule has 0 atom stereocenters. The fourth-order valence-corrected chi connectivity index (χ4v) is 3.51. The summed E-state index contributed by atoms with van der Waals surface area (Å²) in [6, 6.07) is 0.398. The Morgan fingerprint density at radius 3 is 2.14 bits per heavy atom. The van der Waals surface area contributed by atoms with Gasteiger partial charge in [-0.15, -0.1) is 0 Å². The predicted octanol–water partition coefficient (Wildman–Crippen LogP) is 2.41. The van der Waals surface area contributed by atoms with Crippen LogP contribution in [0.15, 0.2) is 0 Å². The molecule has 5 heteroatoms. The van der Waals surface area contributed by atoms with Crippen LogP contribution in [0.3, 0.4) is 0 Å². The minimum atomic E-state index is -0.332. The van der Waals surface area contributed by atoms with Gasteiger partial charge in [-0.3, -0.25) is 15.0 Å². The summed E-state index contributed by atoms with van der Waals surface area (Å²) >= 11 is 0. The zero-order chi connectivity index (χ0) is 15.1. The smallest absolute Gasteiger partial charge is 0.321 e. The lowest BCUT2D eigenvalue weighted by atomic mass is 10.1. The van der Waals surface area contributed by atoms with Crippen LogP contribution in [-0.2, 0) is 4.79 Å². The molecule has 2 aliphatic carbocycles. The molecule has 0 aromatic carbocycles. The molecule has 0 aromatic rings. The SMILES string of the molecule is CN(CC(=O)NC(=O)NC1CCCC1)C1CCCCCC1. The van der Waals surface area contributed by atoms with Gasteiger partial charge in [0.05, 0.1) is 6.54 Å². The van der Waals surface area contributed by atoms with Crippen molar-refractivity contribution < 1.29 is 9.59 Å². The fourth-order valence-electron chi connectivity index (χ4n) is 3.51. The van der Waals surface area contributed by atoms with Crippen LogP contribution in [0.5, 0.6) is 0 Å². The lowest BCUT2D eigenvalue weighted by Gasteiger charge is -2.26. The summed E-state index contributed by atoms with van der Waals surface area (Å²) in [6.45, 7) is 0.308. The quantitative estimate of drug-likeness (QED) is 0.783. The van der Waals surface area contributed by atoms with Gasteiger partial charge in [0.25, 0.3) is 0 Å². The molecule has 0 spiro atoms. The van der Waals surface area contributed by atoms with Crippen molar-refractivity contribution in [2.75, 3.05) is 13.6 Å². The molecule has 2 fully saturated rings. The van der Waals surface area contributed by atoms with Crippen LogP contribution in [0.1, 0.15) is 64.2 Å². The molecule has 2 saturated carbocycles. The molecule has 0 bridgehead atoms. The summed E-state index contributed by atoms with van der Waals surface area (Å²) in [7, 11) is 1.99. The van der Waals surface area contributed by atoms with Gasteiger partial charge < -0.3 is 5.32 Å². The molecule has 0 radical (unpaired) electrons. The van der Waals surface area contributed by atoms with Crippen LogP contribution in [0, 0.1) is 0 Å².